The van der Waals surface area contributed by atoms with Crippen molar-refractivity contribution in [3.8, 4) is 67.8 Å². The van der Waals surface area contributed by atoms with Gasteiger partial charge in [-0.05, 0) is 85.1 Å². The first kappa shape index (κ1) is 38.7. The van der Waals surface area contributed by atoms with E-state index in [4.69, 9.17) is 21.5 Å². The molecule has 6 nitrogen and oxygen atoms in total. The topological polar surface area (TPSA) is 52.9 Å². The molecule has 12 aromatic rings. The van der Waals surface area contributed by atoms with Crippen molar-refractivity contribution in [2.24, 2.45) is 0 Å². The van der Waals surface area contributed by atoms with Gasteiger partial charge in [-0.1, -0.05) is 163 Å². The van der Waals surface area contributed by atoms with E-state index in [0.29, 0.717) is 23.2 Å². The van der Waals surface area contributed by atoms with E-state index >= 15 is 0 Å². The maximum atomic E-state index is 8.18. The van der Waals surface area contributed by atoms with Gasteiger partial charge in [-0.25, -0.2) is 19.8 Å². The quantitative estimate of drug-likeness (QED) is 0.150. The number of hydrogen-bond acceptors (Lipinski definition) is 3. The Morgan fingerprint density at radius 2 is 0.864 bits per heavy atom. The summed E-state index contributed by atoms with van der Waals surface area (Å²) >= 11 is 0. The Balaban J connectivity index is 1.26. The summed E-state index contributed by atoms with van der Waals surface area (Å²) < 4.78 is 4.76. The fraction of sp³-hybridized carbons (Fsp3) is 0.0333. The molecular weight excluding hydrogens is 805 g/mol. The van der Waals surface area contributed by atoms with Crippen LogP contribution in [0.1, 0.15) is 11.1 Å². The predicted molar refractivity (Wildman–Crippen MR) is 271 cm³/mol. The summed E-state index contributed by atoms with van der Waals surface area (Å²) in [5.74, 6) is 1.70. The summed E-state index contributed by atoms with van der Waals surface area (Å²) in [4.78, 5) is 20.0. The van der Waals surface area contributed by atoms with Crippen molar-refractivity contribution in [1.82, 2.24) is 24.1 Å². The monoisotopic (exact) mass is 844 g/mol. The third-order valence-corrected chi connectivity index (χ3v) is 12.7. The standard InChI is InChI=1S/C60H40N6/c1-38-29-32-53-47(35-38)44-22-11-14-26-51(44)65(53)55-34-31-42(43-21-10-13-25-50(43)61-3)37-49(55)46-24-16-28-56(66-52-27-15-12-23-45(52)48-36-39(2)30-33-54(48)66)57(46)60-63-58(40-17-6-4-7-18-40)62-59(64-60)41-19-8-5-9-20-41/h4-37H,1-2H3. The number of rotatable bonds is 7. The highest BCUT2D eigenvalue weighted by molar-refractivity contribution is 6.12. The molecule has 12 rings (SSSR count). The number of aryl methyl sites for hydroxylation is 2. The normalized spacial score (nSPS) is 11.5. The largest absolute Gasteiger partial charge is 0.309 e. The molecule has 0 spiro atoms. The summed E-state index contributed by atoms with van der Waals surface area (Å²) in [6.07, 6.45) is 0. The zero-order valence-electron chi connectivity index (χ0n) is 36.3. The van der Waals surface area contributed by atoms with Crippen LogP contribution >= 0.6 is 0 Å². The van der Waals surface area contributed by atoms with Crippen molar-refractivity contribution in [2.75, 3.05) is 0 Å². The number of hydrogen-bond donors (Lipinski definition) is 0. The molecule has 0 aliphatic rings. The van der Waals surface area contributed by atoms with E-state index in [0.717, 1.165) is 77.8 Å². The maximum Gasteiger partial charge on any atom is 0.194 e. The molecule has 0 radical (unpaired) electrons. The van der Waals surface area contributed by atoms with Crippen LogP contribution in [0, 0.1) is 20.4 Å². The van der Waals surface area contributed by atoms with E-state index < -0.39 is 0 Å². The second-order valence-corrected chi connectivity index (χ2v) is 16.8. The Kier molecular flexibility index (Phi) is 9.22. The molecule has 0 atom stereocenters. The molecule has 0 amide bonds. The summed E-state index contributed by atoms with van der Waals surface area (Å²) in [6, 6.07) is 72.0. The first-order valence-corrected chi connectivity index (χ1v) is 22.1. The molecular formula is C60H40N6. The molecule has 0 saturated carbocycles. The van der Waals surface area contributed by atoms with Gasteiger partial charge in [0.1, 0.15) is 0 Å². The minimum absolute atomic E-state index is 0.544. The number of fused-ring (bicyclic) bond motifs is 6. The number of benzene rings is 9. The van der Waals surface area contributed by atoms with Gasteiger partial charge in [0.2, 0.25) is 0 Å². The lowest BCUT2D eigenvalue weighted by Crippen LogP contribution is -2.06. The zero-order valence-corrected chi connectivity index (χ0v) is 36.3. The molecule has 0 bridgehead atoms. The van der Waals surface area contributed by atoms with Crippen molar-refractivity contribution in [2.45, 2.75) is 13.8 Å². The first-order chi connectivity index (χ1) is 32.5. The van der Waals surface area contributed by atoms with Gasteiger partial charge in [0.05, 0.1) is 45.6 Å². The molecule has 310 valence electrons. The lowest BCUT2D eigenvalue weighted by molar-refractivity contribution is 1.06. The molecule has 0 fully saturated rings. The Bertz CT molecular complexity index is 3850. The molecule has 0 saturated heterocycles. The van der Waals surface area contributed by atoms with E-state index in [1.165, 1.54) is 27.3 Å². The fourth-order valence-electron chi connectivity index (χ4n) is 9.73. The van der Waals surface area contributed by atoms with Crippen molar-refractivity contribution in [3.63, 3.8) is 0 Å². The molecule has 3 aromatic heterocycles. The predicted octanol–water partition coefficient (Wildman–Crippen LogP) is 15.6. The maximum absolute atomic E-state index is 8.18. The second kappa shape index (κ2) is 15.7. The first-order valence-electron chi connectivity index (χ1n) is 22.1. The van der Waals surface area contributed by atoms with Crippen molar-refractivity contribution < 1.29 is 0 Å². The highest BCUT2D eigenvalue weighted by atomic mass is 15.1. The van der Waals surface area contributed by atoms with E-state index in [1.54, 1.807) is 0 Å². The minimum atomic E-state index is 0.544. The lowest BCUT2D eigenvalue weighted by Gasteiger charge is -2.21. The van der Waals surface area contributed by atoms with Crippen molar-refractivity contribution >= 4 is 49.3 Å². The van der Waals surface area contributed by atoms with Gasteiger partial charge in [-0.3, -0.25) is 0 Å². The van der Waals surface area contributed by atoms with Gasteiger partial charge in [-0.2, -0.15) is 0 Å². The van der Waals surface area contributed by atoms with E-state index in [9.17, 15) is 0 Å². The molecule has 3 heterocycles. The Morgan fingerprint density at radius 3 is 1.47 bits per heavy atom. The van der Waals surface area contributed by atoms with Crippen LogP contribution in [-0.4, -0.2) is 24.1 Å². The van der Waals surface area contributed by atoms with Crippen LogP contribution in [0.4, 0.5) is 5.69 Å². The SMILES string of the molecule is [C-]#[N+]c1ccccc1-c1ccc(-n2c3ccccc3c3cc(C)ccc32)c(-c2cccc(-n3c4ccccc4c4cc(C)ccc43)c2-c2nc(-c3ccccc3)nc(-c3ccccc3)n2)c1. The van der Waals surface area contributed by atoms with Crippen LogP contribution in [0.3, 0.4) is 0 Å². The van der Waals surface area contributed by atoms with Gasteiger partial charge in [0.15, 0.2) is 23.2 Å². The van der Waals surface area contributed by atoms with Crippen LogP contribution in [0.5, 0.6) is 0 Å². The summed E-state index contributed by atoms with van der Waals surface area (Å²) in [5.41, 5.74) is 15.6. The molecule has 0 unspecified atom stereocenters. The highest BCUT2D eigenvalue weighted by Gasteiger charge is 2.26. The average molecular weight is 845 g/mol. The summed E-state index contributed by atoms with van der Waals surface area (Å²) in [5, 5.41) is 4.70. The van der Waals surface area contributed by atoms with Gasteiger partial charge in [-0.15, -0.1) is 0 Å². The van der Waals surface area contributed by atoms with Gasteiger partial charge in [0, 0.05) is 38.2 Å². The van der Waals surface area contributed by atoms with Gasteiger partial charge >= 0.3 is 0 Å². The van der Waals surface area contributed by atoms with Crippen molar-refractivity contribution in [3.05, 3.63) is 229 Å². The smallest absolute Gasteiger partial charge is 0.194 e. The van der Waals surface area contributed by atoms with Gasteiger partial charge in [0.25, 0.3) is 0 Å². The molecule has 0 aliphatic carbocycles. The number of nitrogens with zero attached hydrogens (tertiary/aromatic N) is 6. The van der Waals surface area contributed by atoms with Crippen LogP contribution in [0.2, 0.25) is 0 Å². The number of aromatic nitrogens is 5. The lowest BCUT2D eigenvalue weighted by atomic mass is 9.92. The van der Waals surface area contributed by atoms with Crippen LogP contribution in [0.15, 0.2) is 206 Å². The van der Waals surface area contributed by atoms with Crippen molar-refractivity contribution in [1.29, 1.82) is 0 Å². The minimum Gasteiger partial charge on any atom is -0.309 e. The average Bonchev–Trinajstić information content (AvgIpc) is 3.88. The van der Waals surface area contributed by atoms with Gasteiger partial charge < -0.3 is 9.13 Å². The number of para-hydroxylation sites is 3. The molecule has 0 aliphatic heterocycles. The third-order valence-electron chi connectivity index (χ3n) is 12.7. The molecule has 0 N–H and O–H groups in total. The summed E-state index contributed by atoms with van der Waals surface area (Å²) in [6.45, 7) is 12.5. The van der Waals surface area contributed by atoms with E-state index in [1.807, 2.05) is 60.7 Å². The summed E-state index contributed by atoms with van der Waals surface area (Å²) in [7, 11) is 0. The Hall–Kier alpha value is -8.92. The van der Waals surface area contributed by atoms with Crippen LogP contribution < -0.4 is 0 Å². The molecule has 66 heavy (non-hydrogen) atoms. The second-order valence-electron chi connectivity index (χ2n) is 16.8. The van der Waals surface area contributed by atoms with Crippen LogP contribution in [0.25, 0.3) is 116 Å². The Morgan fingerprint density at radius 1 is 0.364 bits per heavy atom. The molecule has 9 aromatic carbocycles. The highest BCUT2D eigenvalue weighted by Crippen LogP contribution is 2.46. The molecule has 6 heteroatoms. The Labute approximate surface area is 382 Å². The fourth-order valence-corrected chi connectivity index (χ4v) is 9.73. The zero-order chi connectivity index (χ0) is 44.3. The third kappa shape index (κ3) is 6.37. The van der Waals surface area contributed by atoms with E-state index in [2.05, 4.69) is 173 Å². The van der Waals surface area contributed by atoms with Crippen LogP contribution in [-0.2, 0) is 0 Å². The van der Waals surface area contributed by atoms with E-state index in [-0.39, 0.29) is 0 Å².